The van der Waals surface area contributed by atoms with Gasteiger partial charge >= 0.3 is 5.97 Å². The SMILES string of the molecule is N#CC(C(=O)Cc1cccc([N+](=O)[O-])c1)c1cccc(C(=O)Oc2ccc(Br)c(Br)c2)c1. The van der Waals surface area contributed by atoms with Gasteiger partial charge in [-0.1, -0.05) is 24.3 Å². The molecule has 0 heterocycles. The fraction of sp³-hybridized carbons (Fsp3) is 0.0870. The summed E-state index contributed by atoms with van der Waals surface area (Å²) in [5.41, 5.74) is 0.827. The first-order valence-corrected chi connectivity index (χ1v) is 10.8. The maximum absolute atomic E-state index is 12.7. The predicted molar refractivity (Wildman–Crippen MR) is 123 cm³/mol. The fourth-order valence-corrected chi connectivity index (χ4v) is 3.57. The zero-order valence-electron chi connectivity index (χ0n) is 16.3. The third kappa shape index (κ3) is 5.66. The summed E-state index contributed by atoms with van der Waals surface area (Å²) >= 11 is 6.68. The summed E-state index contributed by atoms with van der Waals surface area (Å²) in [6.45, 7) is 0. The van der Waals surface area contributed by atoms with Gasteiger partial charge in [-0.15, -0.1) is 0 Å². The van der Waals surface area contributed by atoms with Crippen LogP contribution >= 0.6 is 31.9 Å². The first kappa shape index (κ1) is 23.3. The molecule has 0 aliphatic heterocycles. The summed E-state index contributed by atoms with van der Waals surface area (Å²) in [5, 5.41) is 20.5. The van der Waals surface area contributed by atoms with E-state index in [2.05, 4.69) is 31.9 Å². The molecular weight excluding hydrogens is 544 g/mol. The number of non-ortho nitro benzene ring substituents is 1. The van der Waals surface area contributed by atoms with Gasteiger partial charge < -0.3 is 4.74 Å². The van der Waals surface area contributed by atoms with Crippen molar-refractivity contribution in [1.82, 2.24) is 0 Å². The Hall–Kier alpha value is -3.35. The molecule has 0 aliphatic carbocycles. The molecule has 0 fully saturated rings. The maximum atomic E-state index is 12.7. The van der Waals surface area contributed by atoms with Gasteiger partial charge in [0.2, 0.25) is 0 Å². The van der Waals surface area contributed by atoms with E-state index in [9.17, 15) is 25.0 Å². The fourth-order valence-electron chi connectivity index (χ4n) is 2.97. The van der Waals surface area contributed by atoms with Gasteiger partial charge in [0.05, 0.1) is 16.6 Å². The number of rotatable bonds is 7. The average molecular weight is 558 g/mol. The molecule has 1 atom stereocenters. The molecule has 160 valence electrons. The van der Waals surface area contributed by atoms with Crippen LogP contribution in [0.2, 0.25) is 0 Å². The lowest BCUT2D eigenvalue weighted by Crippen LogP contribution is -2.15. The molecule has 0 aliphatic rings. The molecule has 32 heavy (non-hydrogen) atoms. The number of nitriles is 1. The van der Waals surface area contributed by atoms with E-state index >= 15 is 0 Å². The first-order chi connectivity index (χ1) is 15.3. The molecule has 0 amide bonds. The highest BCUT2D eigenvalue weighted by atomic mass is 79.9. The van der Waals surface area contributed by atoms with Crippen molar-refractivity contribution in [2.24, 2.45) is 0 Å². The standard InChI is InChI=1S/C23H14Br2N2O5/c24-20-8-7-18(12-21(20)25)32-23(29)16-5-2-4-15(11-16)19(13-26)22(28)10-14-3-1-6-17(9-14)27(30)31/h1-9,11-12,19H,10H2. The van der Waals surface area contributed by atoms with Crippen molar-refractivity contribution in [3.63, 3.8) is 0 Å². The molecule has 0 radical (unpaired) electrons. The Morgan fingerprint density at radius 1 is 1.03 bits per heavy atom. The molecule has 0 spiro atoms. The minimum atomic E-state index is -1.14. The van der Waals surface area contributed by atoms with E-state index in [4.69, 9.17) is 4.74 Å². The van der Waals surface area contributed by atoms with E-state index in [1.807, 2.05) is 6.07 Å². The quantitative estimate of drug-likeness (QED) is 0.158. The largest absolute Gasteiger partial charge is 0.423 e. The Kier molecular flexibility index (Phi) is 7.51. The van der Waals surface area contributed by atoms with E-state index in [1.54, 1.807) is 36.4 Å². The Morgan fingerprint density at radius 2 is 1.78 bits per heavy atom. The van der Waals surface area contributed by atoms with Gasteiger partial charge in [0.1, 0.15) is 11.7 Å². The summed E-state index contributed by atoms with van der Waals surface area (Å²) in [6, 6.07) is 18.7. The van der Waals surface area contributed by atoms with Crippen molar-refractivity contribution in [1.29, 1.82) is 5.26 Å². The number of nitrogens with zero attached hydrogens (tertiary/aromatic N) is 2. The van der Waals surface area contributed by atoms with Crippen LogP contribution in [0.25, 0.3) is 0 Å². The highest BCUT2D eigenvalue weighted by molar-refractivity contribution is 9.13. The Bertz CT molecular complexity index is 1250. The molecule has 0 bridgehead atoms. The van der Waals surface area contributed by atoms with Crippen LogP contribution in [-0.2, 0) is 11.2 Å². The number of nitro groups is 1. The number of halogens is 2. The number of hydrogen-bond donors (Lipinski definition) is 0. The van der Waals surface area contributed by atoms with Gasteiger partial charge in [-0.25, -0.2) is 4.79 Å². The van der Waals surface area contributed by atoms with Gasteiger partial charge in [0.25, 0.3) is 5.69 Å². The number of nitro benzene ring substituents is 1. The summed E-state index contributed by atoms with van der Waals surface area (Å²) in [5.74, 6) is -1.88. The number of ether oxygens (including phenoxy) is 1. The van der Waals surface area contributed by atoms with Crippen LogP contribution in [0.3, 0.4) is 0 Å². The zero-order chi connectivity index (χ0) is 23.3. The van der Waals surface area contributed by atoms with Crippen LogP contribution in [0.1, 0.15) is 27.4 Å². The van der Waals surface area contributed by atoms with Crippen molar-refractivity contribution in [3.8, 4) is 11.8 Å². The van der Waals surface area contributed by atoms with Gasteiger partial charge in [0, 0.05) is 27.5 Å². The van der Waals surface area contributed by atoms with Crippen molar-refractivity contribution in [2.75, 3.05) is 0 Å². The molecule has 3 aromatic carbocycles. The van der Waals surface area contributed by atoms with Crippen LogP contribution in [0.5, 0.6) is 5.75 Å². The number of carbonyl (C=O) groups is 2. The number of ketones is 1. The topological polar surface area (TPSA) is 110 Å². The Labute approximate surface area is 200 Å². The van der Waals surface area contributed by atoms with E-state index in [0.29, 0.717) is 21.3 Å². The minimum absolute atomic E-state index is 0.131. The van der Waals surface area contributed by atoms with Gasteiger partial charge in [-0.05, 0) is 73.3 Å². The molecule has 0 aromatic heterocycles. The van der Waals surface area contributed by atoms with Crippen molar-refractivity contribution in [3.05, 3.63) is 102 Å². The summed E-state index contributed by atoms with van der Waals surface area (Å²) in [6.07, 6.45) is -0.151. The van der Waals surface area contributed by atoms with Crippen LogP contribution in [-0.4, -0.2) is 16.7 Å². The summed E-state index contributed by atoms with van der Waals surface area (Å²) in [7, 11) is 0. The predicted octanol–water partition coefficient (Wildman–Crippen LogP) is 5.76. The maximum Gasteiger partial charge on any atom is 0.343 e. The van der Waals surface area contributed by atoms with E-state index in [-0.39, 0.29) is 17.7 Å². The molecule has 0 saturated heterocycles. The lowest BCUT2D eigenvalue weighted by Gasteiger charge is -2.11. The number of carbonyl (C=O) groups excluding carboxylic acids is 2. The smallest absolute Gasteiger partial charge is 0.343 e. The Balaban J connectivity index is 1.78. The van der Waals surface area contributed by atoms with Crippen molar-refractivity contribution < 1.29 is 19.2 Å². The highest BCUT2D eigenvalue weighted by Gasteiger charge is 2.22. The molecule has 3 aromatic rings. The van der Waals surface area contributed by atoms with E-state index in [1.165, 1.54) is 30.3 Å². The highest BCUT2D eigenvalue weighted by Crippen LogP contribution is 2.28. The summed E-state index contributed by atoms with van der Waals surface area (Å²) in [4.78, 5) is 35.7. The monoisotopic (exact) mass is 556 g/mol. The van der Waals surface area contributed by atoms with Gasteiger partial charge in [-0.2, -0.15) is 5.26 Å². The van der Waals surface area contributed by atoms with Crippen molar-refractivity contribution in [2.45, 2.75) is 12.3 Å². The normalized spacial score (nSPS) is 11.3. The van der Waals surface area contributed by atoms with Gasteiger partial charge in [-0.3, -0.25) is 14.9 Å². The molecule has 0 saturated carbocycles. The number of esters is 1. The third-order valence-corrected chi connectivity index (χ3v) is 6.39. The van der Waals surface area contributed by atoms with Crippen LogP contribution in [0.4, 0.5) is 5.69 Å². The Morgan fingerprint density at radius 3 is 2.47 bits per heavy atom. The average Bonchev–Trinajstić information content (AvgIpc) is 2.77. The second-order valence-corrected chi connectivity index (χ2v) is 8.43. The van der Waals surface area contributed by atoms with Crippen LogP contribution in [0.15, 0.2) is 75.7 Å². The zero-order valence-corrected chi connectivity index (χ0v) is 19.5. The molecule has 7 nitrogen and oxygen atoms in total. The first-order valence-electron chi connectivity index (χ1n) is 9.21. The summed E-state index contributed by atoms with van der Waals surface area (Å²) < 4.78 is 6.89. The molecule has 9 heteroatoms. The lowest BCUT2D eigenvalue weighted by atomic mass is 9.91. The molecule has 3 rings (SSSR count). The van der Waals surface area contributed by atoms with Crippen LogP contribution < -0.4 is 4.74 Å². The molecule has 0 N–H and O–H groups in total. The number of hydrogen-bond acceptors (Lipinski definition) is 6. The number of benzene rings is 3. The van der Waals surface area contributed by atoms with Crippen LogP contribution in [0, 0.1) is 21.4 Å². The van der Waals surface area contributed by atoms with E-state index in [0.717, 1.165) is 4.47 Å². The van der Waals surface area contributed by atoms with Crippen molar-refractivity contribution >= 4 is 49.3 Å². The van der Waals surface area contributed by atoms with E-state index < -0.39 is 22.6 Å². The molecular formula is C23H14Br2N2O5. The van der Waals surface area contributed by atoms with Gasteiger partial charge in [0.15, 0.2) is 5.78 Å². The second kappa shape index (κ2) is 10.3. The number of Topliss-reactive ketones (excluding diaryl/α,β-unsaturated/α-hetero) is 1. The lowest BCUT2D eigenvalue weighted by molar-refractivity contribution is -0.384. The molecule has 1 unspecified atom stereocenters. The second-order valence-electron chi connectivity index (χ2n) is 6.72. The third-order valence-electron chi connectivity index (χ3n) is 4.51. The minimum Gasteiger partial charge on any atom is -0.423 e.